The molecule has 4 saturated carbocycles. The summed E-state index contributed by atoms with van der Waals surface area (Å²) in [5.41, 5.74) is 3.68. The molecule has 0 radical (unpaired) electrons. The Morgan fingerprint density at radius 1 is 1.05 bits per heavy atom. The van der Waals surface area contributed by atoms with E-state index < -0.39 is 0 Å². The fraction of sp³-hybridized carbons (Fsp3) is 0.700. The van der Waals surface area contributed by atoms with Gasteiger partial charge in [-0.05, 0) is 92.6 Å². The van der Waals surface area contributed by atoms with Crippen LogP contribution in [-0.2, 0) is 6.42 Å². The van der Waals surface area contributed by atoms with Crippen LogP contribution in [0.2, 0.25) is 0 Å². The first-order valence-corrected chi connectivity index (χ1v) is 9.72. The van der Waals surface area contributed by atoms with Gasteiger partial charge in [0.1, 0.15) is 0 Å². The largest absolute Gasteiger partial charge is 0.0887 e. The second-order valence-corrected chi connectivity index (χ2v) is 9.64. The van der Waals surface area contributed by atoms with Crippen molar-refractivity contribution in [2.75, 3.05) is 0 Å². The Balaban J connectivity index is 1.45. The van der Waals surface area contributed by atoms with Gasteiger partial charge in [0.15, 0.2) is 0 Å². The van der Waals surface area contributed by atoms with Crippen LogP contribution in [0.25, 0.3) is 0 Å². The predicted molar refractivity (Wildman–Crippen MR) is 92.8 cm³/mol. The van der Waals surface area contributed by atoms with Crippen molar-refractivity contribution < 1.29 is 0 Å². The molecule has 4 aliphatic carbocycles. The fourth-order valence-electron chi connectivity index (χ4n) is 6.16. The Hall–Kier alpha value is -0.300. The minimum atomic E-state index is 0.662. The summed E-state index contributed by atoms with van der Waals surface area (Å²) in [6, 6.07) is 8.90. The molecule has 0 nitrogen and oxygen atoms in total. The predicted octanol–water partition coefficient (Wildman–Crippen LogP) is 5.91. The number of benzene rings is 1. The number of alkyl halides is 1. The molecule has 21 heavy (non-hydrogen) atoms. The van der Waals surface area contributed by atoms with Crippen LogP contribution in [-0.4, -0.2) is 4.83 Å². The highest BCUT2D eigenvalue weighted by molar-refractivity contribution is 9.09. The molecule has 1 heteroatoms. The number of halogens is 1. The van der Waals surface area contributed by atoms with Crippen molar-refractivity contribution in [2.24, 2.45) is 23.2 Å². The number of hydrogen-bond donors (Lipinski definition) is 0. The molecule has 0 spiro atoms. The molecule has 0 aliphatic heterocycles. The van der Waals surface area contributed by atoms with Crippen LogP contribution in [0.3, 0.4) is 0 Å². The first-order chi connectivity index (χ1) is 10.1. The van der Waals surface area contributed by atoms with Crippen LogP contribution < -0.4 is 0 Å². The van der Waals surface area contributed by atoms with E-state index >= 15 is 0 Å². The molecule has 1 unspecified atom stereocenters. The van der Waals surface area contributed by atoms with Gasteiger partial charge in [0.05, 0.1) is 0 Å². The van der Waals surface area contributed by atoms with Crippen molar-refractivity contribution >= 4 is 15.9 Å². The van der Waals surface area contributed by atoms with E-state index in [4.69, 9.17) is 0 Å². The number of rotatable bonds is 4. The van der Waals surface area contributed by atoms with Gasteiger partial charge < -0.3 is 0 Å². The monoisotopic (exact) mass is 346 g/mol. The standard InChI is InChI=1S/C20H27Br/c1-14-4-2-3-5-18(14)9-19(21)13-20-10-15-6-16(11-20)8-17(7-15)12-20/h2-5,15-17,19H,6-13H2,1H3. The van der Waals surface area contributed by atoms with E-state index in [0.717, 1.165) is 17.8 Å². The van der Waals surface area contributed by atoms with Crippen LogP contribution in [0.4, 0.5) is 0 Å². The third kappa shape index (κ3) is 2.83. The van der Waals surface area contributed by atoms with Gasteiger partial charge in [0.2, 0.25) is 0 Å². The van der Waals surface area contributed by atoms with Gasteiger partial charge in [-0.3, -0.25) is 0 Å². The lowest BCUT2D eigenvalue weighted by atomic mass is 9.48. The summed E-state index contributed by atoms with van der Waals surface area (Å²) >= 11 is 4.04. The Morgan fingerprint density at radius 3 is 2.19 bits per heavy atom. The minimum absolute atomic E-state index is 0.662. The number of hydrogen-bond acceptors (Lipinski definition) is 0. The van der Waals surface area contributed by atoms with Gasteiger partial charge in [-0.25, -0.2) is 0 Å². The van der Waals surface area contributed by atoms with E-state index in [1.165, 1.54) is 43.2 Å². The Bertz CT molecular complexity index is 483. The maximum absolute atomic E-state index is 4.04. The second kappa shape index (κ2) is 5.41. The molecule has 4 bridgehead atoms. The molecule has 1 aromatic rings. The van der Waals surface area contributed by atoms with Crippen LogP contribution in [0.15, 0.2) is 24.3 Å². The third-order valence-electron chi connectivity index (χ3n) is 6.52. The average molecular weight is 347 g/mol. The van der Waals surface area contributed by atoms with E-state index in [-0.39, 0.29) is 0 Å². The maximum atomic E-state index is 4.04. The van der Waals surface area contributed by atoms with Crippen LogP contribution in [0.5, 0.6) is 0 Å². The first kappa shape index (κ1) is 14.3. The second-order valence-electron chi connectivity index (χ2n) is 8.35. The van der Waals surface area contributed by atoms with E-state index in [1.54, 1.807) is 19.3 Å². The molecule has 1 atom stereocenters. The number of aryl methyl sites for hydroxylation is 1. The molecular formula is C20H27Br. The molecule has 4 aliphatic rings. The molecule has 4 fully saturated rings. The van der Waals surface area contributed by atoms with Crippen LogP contribution in [0.1, 0.15) is 56.1 Å². The van der Waals surface area contributed by atoms with Gasteiger partial charge >= 0.3 is 0 Å². The van der Waals surface area contributed by atoms with E-state index in [0.29, 0.717) is 10.2 Å². The highest BCUT2D eigenvalue weighted by Gasteiger charge is 2.51. The molecule has 0 aromatic heterocycles. The quantitative estimate of drug-likeness (QED) is 0.594. The molecule has 0 amide bonds. The smallest absolute Gasteiger partial charge is 0.0191 e. The van der Waals surface area contributed by atoms with Crippen LogP contribution >= 0.6 is 15.9 Å². The highest BCUT2D eigenvalue weighted by Crippen LogP contribution is 2.62. The van der Waals surface area contributed by atoms with E-state index in [9.17, 15) is 0 Å². The lowest BCUT2D eigenvalue weighted by molar-refractivity contribution is -0.0569. The Labute approximate surface area is 137 Å². The summed E-state index contributed by atoms with van der Waals surface area (Å²) in [4.78, 5) is 0.662. The zero-order chi connectivity index (χ0) is 14.4. The molecular weight excluding hydrogens is 320 g/mol. The fourth-order valence-corrected chi connectivity index (χ4v) is 7.20. The van der Waals surface area contributed by atoms with E-state index in [2.05, 4.69) is 47.1 Å². The van der Waals surface area contributed by atoms with Crippen molar-refractivity contribution in [3.05, 3.63) is 35.4 Å². The van der Waals surface area contributed by atoms with Crippen LogP contribution in [0, 0.1) is 30.1 Å². The van der Waals surface area contributed by atoms with Gasteiger partial charge in [-0.2, -0.15) is 0 Å². The SMILES string of the molecule is Cc1ccccc1CC(Br)CC12CC3CC(CC(C3)C1)C2. The lowest BCUT2D eigenvalue weighted by Gasteiger charge is -2.57. The normalized spacial score (nSPS) is 38.7. The van der Waals surface area contributed by atoms with Crippen molar-refractivity contribution in [1.29, 1.82) is 0 Å². The third-order valence-corrected chi connectivity index (χ3v) is 7.17. The summed E-state index contributed by atoms with van der Waals surface area (Å²) in [5.74, 6) is 3.23. The lowest BCUT2D eigenvalue weighted by Crippen LogP contribution is -2.47. The molecule has 1 aromatic carbocycles. The zero-order valence-electron chi connectivity index (χ0n) is 13.2. The van der Waals surface area contributed by atoms with Gasteiger partial charge in [0.25, 0.3) is 0 Å². The molecule has 5 rings (SSSR count). The summed E-state index contributed by atoms with van der Waals surface area (Å²) in [7, 11) is 0. The molecule has 0 N–H and O–H groups in total. The van der Waals surface area contributed by atoms with Gasteiger partial charge in [0, 0.05) is 4.83 Å². The molecule has 114 valence electrons. The maximum Gasteiger partial charge on any atom is 0.0191 e. The van der Waals surface area contributed by atoms with E-state index in [1.807, 2.05) is 0 Å². The zero-order valence-corrected chi connectivity index (χ0v) is 14.7. The van der Waals surface area contributed by atoms with Gasteiger partial charge in [-0.1, -0.05) is 40.2 Å². The van der Waals surface area contributed by atoms with Crippen molar-refractivity contribution in [3.8, 4) is 0 Å². The Morgan fingerprint density at radius 2 is 1.62 bits per heavy atom. The summed E-state index contributed by atoms with van der Waals surface area (Å²) in [6.45, 7) is 2.25. The highest BCUT2D eigenvalue weighted by atomic mass is 79.9. The minimum Gasteiger partial charge on any atom is -0.0887 e. The molecule has 0 saturated heterocycles. The first-order valence-electron chi connectivity index (χ1n) is 8.80. The van der Waals surface area contributed by atoms with Gasteiger partial charge in [-0.15, -0.1) is 0 Å². The van der Waals surface area contributed by atoms with Crippen molar-refractivity contribution in [3.63, 3.8) is 0 Å². The summed E-state index contributed by atoms with van der Waals surface area (Å²) in [6.07, 6.45) is 11.9. The van der Waals surface area contributed by atoms with Crippen molar-refractivity contribution in [1.82, 2.24) is 0 Å². The molecule has 0 heterocycles. The summed E-state index contributed by atoms with van der Waals surface area (Å²) < 4.78 is 0. The topological polar surface area (TPSA) is 0 Å². The Kier molecular flexibility index (Phi) is 3.68. The van der Waals surface area contributed by atoms with Crippen molar-refractivity contribution in [2.45, 2.75) is 63.1 Å². The average Bonchev–Trinajstić information content (AvgIpc) is 2.39. The summed E-state index contributed by atoms with van der Waals surface area (Å²) in [5, 5.41) is 0.